The minimum Gasteiger partial charge on any atom is -0.369 e. The predicted molar refractivity (Wildman–Crippen MR) is 42.7 cm³/mol. The van der Waals surface area contributed by atoms with Gasteiger partial charge >= 0.3 is 0 Å². The Bertz CT molecular complexity index is 247. The van der Waals surface area contributed by atoms with Crippen LogP contribution in [0.25, 0.3) is 0 Å². The molecule has 1 atom stereocenters. The Balaban J connectivity index is 2.98. The summed E-state index contributed by atoms with van der Waals surface area (Å²) in [7, 11) is 0. The number of nitrogens with zero attached hydrogens (tertiary/aromatic N) is 3. The summed E-state index contributed by atoms with van der Waals surface area (Å²) in [4.78, 5) is 11.2. The molecule has 1 rings (SSSR count). The minimum atomic E-state index is -1.47. The second-order valence-corrected chi connectivity index (χ2v) is 2.94. The van der Waals surface area contributed by atoms with Crippen molar-refractivity contribution in [3.8, 4) is 0 Å². The van der Waals surface area contributed by atoms with Crippen molar-refractivity contribution in [1.29, 1.82) is 0 Å². The first-order valence-corrected chi connectivity index (χ1v) is 3.69. The topological polar surface area (TPSA) is 84.9 Å². The van der Waals surface area contributed by atoms with Crippen molar-refractivity contribution >= 4 is 0 Å². The number of nitrogens with two attached hydrogens (primary N) is 1. The molecule has 0 saturated heterocycles. The maximum absolute atomic E-state index is 9.69. The third-order valence-corrected chi connectivity index (χ3v) is 1.73. The Morgan fingerprint density at radius 2 is 1.92 bits per heavy atom. The smallest absolute Gasteiger partial charge is 0.178 e. The summed E-state index contributed by atoms with van der Waals surface area (Å²) in [5.74, 6) is 0.0624. The Morgan fingerprint density at radius 3 is 2.33 bits per heavy atom. The lowest BCUT2D eigenvalue weighted by Gasteiger charge is -2.24. The molecule has 0 aromatic carbocycles. The van der Waals surface area contributed by atoms with Crippen molar-refractivity contribution in [2.75, 3.05) is 0 Å². The van der Waals surface area contributed by atoms with E-state index in [1.165, 1.54) is 12.7 Å². The van der Waals surface area contributed by atoms with Crippen LogP contribution in [-0.4, -0.2) is 20.1 Å². The molecule has 12 heavy (non-hydrogen) atoms. The van der Waals surface area contributed by atoms with Gasteiger partial charge in [-0.05, 0) is 0 Å². The van der Waals surface area contributed by atoms with Gasteiger partial charge in [0.25, 0.3) is 0 Å². The zero-order valence-electron chi connectivity index (χ0n) is 7.10. The van der Waals surface area contributed by atoms with Crippen LogP contribution in [0.1, 0.15) is 19.7 Å². The van der Waals surface area contributed by atoms with E-state index in [0.29, 0.717) is 0 Å². The fraction of sp³-hybridized carbons (Fsp3) is 0.571. The third-order valence-electron chi connectivity index (χ3n) is 1.73. The second kappa shape index (κ2) is 3.12. The summed E-state index contributed by atoms with van der Waals surface area (Å²) < 4.78 is 0. The number of hydrogen-bond acceptors (Lipinski definition) is 5. The first kappa shape index (κ1) is 9.02. The van der Waals surface area contributed by atoms with E-state index in [1.807, 2.05) is 0 Å². The van der Waals surface area contributed by atoms with E-state index >= 15 is 0 Å². The maximum Gasteiger partial charge on any atom is 0.178 e. The summed E-state index contributed by atoms with van der Waals surface area (Å²) in [5, 5.41) is 9.69. The van der Waals surface area contributed by atoms with Crippen LogP contribution >= 0.6 is 0 Å². The summed E-state index contributed by atoms with van der Waals surface area (Å²) in [6, 6.07) is 0. The van der Waals surface area contributed by atoms with E-state index in [1.54, 1.807) is 13.8 Å². The van der Waals surface area contributed by atoms with E-state index in [-0.39, 0.29) is 11.7 Å². The molecule has 0 radical (unpaired) electrons. The van der Waals surface area contributed by atoms with Gasteiger partial charge in [-0.3, -0.25) is 5.73 Å². The molecule has 5 nitrogen and oxygen atoms in total. The van der Waals surface area contributed by atoms with Gasteiger partial charge < -0.3 is 5.11 Å². The van der Waals surface area contributed by atoms with Crippen LogP contribution in [0, 0.1) is 5.92 Å². The molecule has 1 aromatic rings. The minimum absolute atomic E-state index is 0.139. The molecule has 0 aliphatic carbocycles. The molecule has 0 bridgehead atoms. The molecule has 66 valence electrons. The third kappa shape index (κ3) is 1.57. The predicted octanol–water partition coefficient (Wildman–Crippen LogP) is -0.369. The van der Waals surface area contributed by atoms with Crippen molar-refractivity contribution in [3.63, 3.8) is 0 Å². The highest BCUT2D eigenvalue weighted by molar-refractivity contribution is 4.97. The van der Waals surface area contributed by atoms with Gasteiger partial charge in [0.05, 0.1) is 0 Å². The molecule has 0 saturated carbocycles. The monoisotopic (exact) mass is 168 g/mol. The van der Waals surface area contributed by atoms with Gasteiger partial charge in [-0.15, -0.1) is 0 Å². The molecule has 1 aromatic heterocycles. The van der Waals surface area contributed by atoms with E-state index in [0.717, 1.165) is 0 Å². The molecule has 0 amide bonds. The first-order valence-electron chi connectivity index (χ1n) is 3.69. The van der Waals surface area contributed by atoms with Crippen LogP contribution in [0.2, 0.25) is 0 Å². The average Bonchev–Trinajstić information content (AvgIpc) is 2.06. The SMILES string of the molecule is CC(C)C(N)(O)c1ncncn1. The quantitative estimate of drug-likeness (QED) is 0.588. The number of aliphatic hydroxyl groups is 1. The zero-order chi connectivity index (χ0) is 9.19. The maximum atomic E-state index is 9.69. The lowest BCUT2D eigenvalue weighted by Crippen LogP contribution is -2.43. The van der Waals surface area contributed by atoms with Crippen molar-refractivity contribution in [3.05, 3.63) is 18.5 Å². The van der Waals surface area contributed by atoms with E-state index in [4.69, 9.17) is 5.73 Å². The van der Waals surface area contributed by atoms with Gasteiger partial charge in [0.1, 0.15) is 12.7 Å². The van der Waals surface area contributed by atoms with Gasteiger partial charge in [0, 0.05) is 5.92 Å². The van der Waals surface area contributed by atoms with Crippen molar-refractivity contribution in [2.24, 2.45) is 11.7 Å². The molecule has 0 aliphatic rings. The standard InChI is InChI=1S/C7H12N4O/c1-5(2)7(8,12)6-10-3-9-4-11-6/h3-5,12H,8H2,1-2H3. The molecular formula is C7H12N4O. The van der Waals surface area contributed by atoms with E-state index < -0.39 is 5.72 Å². The van der Waals surface area contributed by atoms with Crippen LogP contribution in [-0.2, 0) is 5.72 Å². The summed E-state index contributed by atoms with van der Waals surface area (Å²) in [6.45, 7) is 3.59. The van der Waals surface area contributed by atoms with Crippen LogP contribution in [0.15, 0.2) is 12.7 Å². The Morgan fingerprint density at radius 1 is 1.42 bits per heavy atom. The number of hydrogen-bond donors (Lipinski definition) is 2. The lowest BCUT2D eigenvalue weighted by molar-refractivity contribution is -0.0127. The van der Waals surface area contributed by atoms with Gasteiger partial charge in [-0.1, -0.05) is 13.8 Å². The second-order valence-electron chi connectivity index (χ2n) is 2.94. The summed E-state index contributed by atoms with van der Waals surface area (Å²) in [5.41, 5.74) is 4.11. The summed E-state index contributed by atoms with van der Waals surface area (Å²) >= 11 is 0. The van der Waals surface area contributed by atoms with Gasteiger partial charge in [0.15, 0.2) is 11.5 Å². The van der Waals surface area contributed by atoms with Crippen molar-refractivity contribution < 1.29 is 5.11 Å². The number of aromatic nitrogens is 3. The number of rotatable bonds is 2. The van der Waals surface area contributed by atoms with Gasteiger partial charge in [0.2, 0.25) is 0 Å². The molecule has 0 fully saturated rings. The van der Waals surface area contributed by atoms with E-state index in [9.17, 15) is 5.11 Å². The fourth-order valence-corrected chi connectivity index (χ4v) is 0.704. The van der Waals surface area contributed by atoms with E-state index in [2.05, 4.69) is 15.0 Å². The fourth-order valence-electron chi connectivity index (χ4n) is 0.704. The highest BCUT2D eigenvalue weighted by atomic mass is 16.3. The lowest BCUT2D eigenvalue weighted by atomic mass is 10.0. The molecule has 5 heteroatoms. The molecule has 1 heterocycles. The molecule has 3 N–H and O–H groups in total. The van der Waals surface area contributed by atoms with Crippen LogP contribution in [0.3, 0.4) is 0 Å². The average molecular weight is 168 g/mol. The Labute approximate surface area is 70.7 Å². The molecule has 0 spiro atoms. The van der Waals surface area contributed by atoms with Crippen molar-refractivity contribution in [1.82, 2.24) is 15.0 Å². The van der Waals surface area contributed by atoms with Gasteiger partial charge in [-0.25, -0.2) is 15.0 Å². The first-order chi connectivity index (χ1) is 5.55. The van der Waals surface area contributed by atoms with Crippen LogP contribution in [0.4, 0.5) is 0 Å². The highest BCUT2D eigenvalue weighted by Crippen LogP contribution is 2.18. The van der Waals surface area contributed by atoms with Gasteiger partial charge in [-0.2, -0.15) is 0 Å². The normalized spacial score (nSPS) is 16.1. The molecular weight excluding hydrogens is 156 g/mol. The largest absolute Gasteiger partial charge is 0.369 e. The zero-order valence-corrected chi connectivity index (χ0v) is 7.10. The van der Waals surface area contributed by atoms with Crippen LogP contribution in [0.5, 0.6) is 0 Å². The van der Waals surface area contributed by atoms with Crippen molar-refractivity contribution in [2.45, 2.75) is 19.6 Å². The molecule has 1 unspecified atom stereocenters. The van der Waals surface area contributed by atoms with Crippen LogP contribution < -0.4 is 5.73 Å². The molecule has 0 aliphatic heterocycles. The Kier molecular flexibility index (Phi) is 2.35. The Hall–Kier alpha value is -1.07. The summed E-state index contributed by atoms with van der Waals surface area (Å²) in [6.07, 6.45) is 2.62. The highest BCUT2D eigenvalue weighted by Gasteiger charge is 2.30.